The van der Waals surface area contributed by atoms with Gasteiger partial charge in [-0.15, -0.1) is 0 Å². The molecule has 0 aliphatic carbocycles. The highest BCUT2D eigenvalue weighted by molar-refractivity contribution is 6.31. The van der Waals surface area contributed by atoms with Gasteiger partial charge in [0.05, 0.1) is 0 Å². The van der Waals surface area contributed by atoms with Gasteiger partial charge in [0.25, 0.3) is 5.91 Å². The largest absolute Gasteiger partial charge is 0.482 e. The van der Waals surface area contributed by atoms with Crippen molar-refractivity contribution in [1.82, 2.24) is 0 Å². The lowest BCUT2D eigenvalue weighted by molar-refractivity contribution is -0.155. The summed E-state index contributed by atoms with van der Waals surface area (Å²) in [6, 6.07) is 11.4. The molecule has 0 aliphatic rings. The molecule has 2 aromatic rings. The van der Waals surface area contributed by atoms with Crippen LogP contribution in [0.3, 0.4) is 0 Å². The molecule has 0 unspecified atom stereocenters. The van der Waals surface area contributed by atoms with E-state index in [4.69, 9.17) is 21.1 Å². The van der Waals surface area contributed by atoms with Gasteiger partial charge >= 0.3 is 5.97 Å². The summed E-state index contributed by atoms with van der Waals surface area (Å²) in [5.74, 6) is -0.742. The first-order valence-corrected chi connectivity index (χ1v) is 8.22. The van der Waals surface area contributed by atoms with E-state index < -0.39 is 18.0 Å². The molecule has 0 fully saturated rings. The Morgan fingerprint density at radius 2 is 1.88 bits per heavy atom. The molecule has 1 N–H and O–H groups in total. The van der Waals surface area contributed by atoms with Gasteiger partial charge in [-0.2, -0.15) is 0 Å². The summed E-state index contributed by atoms with van der Waals surface area (Å²) in [4.78, 5) is 34.6. The average Bonchev–Trinajstić information content (AvgIpc) is 2.64. The zero-order chi connectivity index (χ0) is 19.1. The monoisotopic (exact) mass is 375 g/mol. The number of carbonyl (C=O) groups excluding carboxylic acids is 3. The summed E-state index contributed by atoms with van der Waals surface area (Å²) in [6.45, 7) is 2.89. The van der Waals surface area contributed by atoms with E-state index in [0.717, 1.165) is 5.56 Å². The number of nitrogens with one attached hydrogen (secondary N) is 1. The van der Waals surface area contributed by atoms with Crippen molar-refractivity contribution >= 4 is 35.5 Å². The van der Waals surface area contributed by atoms with E-state index in [9.17, 15) is 14.4 Å². The standard InChI is InChI=1S/C19H18ClNO5/c1-12-16(20)4-3-5-17(12)21-19(24)13(2)26-18(23)11-25-15-8-6-14(10-22)7-9-15/h3-10,13H,11H2,1-2H3,(H,21,24)/t13-/m1/s1. The van der Waals surface area contributed by atoms with Crippen molar-refractivity contribution in [3.05, 3.63) is 58.6 Å². The van der Waals surface area contributed by atoms with Crippen molar-refractivity contribution in [3.63, 3.8) is 0 Å². The fraction of sp³-hybridized carbons (Fsp3) is 0.211. The zero-order valence-corrected chi connectivity index (χ0v) is 15.1. The van der Waals surface area contributed by atoms with Crippen LogP contribution in [0.25, 0.3) is 0 Å². The van der Waals surface area contributed by atoms with Crippen LogP contribution in [0.4, 0.5) is 5.69 Å². The molecule has 0 radical (unpaired) electrons. The Morgan fingerprint density at radius 3 is 2.54 bits per heavy atom. The number of ether oxygens (including phenoxy) is 2. The fourth-order valence-electron chi connectivity index (χ4n) is 2.05. The van der Waals surface area contributed by atoms with Gasteiger partial charge < -0.3 is 14.8 Å². The zero-order valence-electron chi connectivity index (χ0n) is 14.3. The normalized spacial score (nSPS) is 11.3. The van der Waals surface area contributed by atoms with Crippen LogP contribution in [0, 0.1) is 6.92 Å². The predicted molar refractivity (Wildman–Crippen MR) is 97.7 cm³/mol. The second-order valence-corrected chi connectivity index (χ2v) is 5.92. The van der Waals surface area contributed by atoms with Crippen molar-refractivity contribution in [1.29, 1.82) is 0 Å². The molecule has 136 valence electrons. The van der Waals surface area contributed by atoms with E-state index in [1.54, 1.807) is 49.4 Å². The lowest BCUT2D eigenvalue weighted by atomic mass is 10.2. The molecule has 1 atom stereocenters. The lowest BCUT2D eigenvalue weighted by Gasteiger charge is -2.15. The van der Waals surface area contributed by atoms with Crippen LogP contribution in [-0.2, 0) is 14.3 Å². The van der Waals surface area contributed by atoms with Crippen LogP contribution < -0.4 is 10.1 Å². The van der Waals surface area contributed by atoms with Gasteiger partial charge in [-0.25, -0.2) is 4.79 Å². The molecular weight excluding hydrogens is 358 g/mol. The SMILES string of the molecule is Cc1c(Cl)cccc1NC(=O)[C@@H](C)OC(=O)COc1ccc(C=O)cc1. The Morgan fingerprint density at radius 1 is 1.19 bits per heavy atom. The smallest absolute Gasteiger partial charge is 0.344 e. The molecule has 1 amide bonds. The van der Waals surface area contributed by atoms with Crippen LogP contribution in [0.1, 0.15) is 22.8 Å². The molecule has 0 heterocycles. The minimum atomic E-state index is -0.998. The Kier molecular flexibility index (Phi) is 6.74. The summed E-state index contributed by atoms with van der Waals surface area (Å²) < 4.78 is 10.3. The van der Waals surface area contributed by atoms with Gasteiger partial charge in [0.1, 0.15) is 12.0 Å². The number of amides is 1. The molecular formula is C19H18ClNO5. The molecule has 6 nitrogen and oxygen atoms in total. The molecule has 0 saturated carbocycles. The first-order chi connectivity index (χ1) is 12.4. The highest BCUT2D eigenvalue weighted by Gasteiger charge is 2.19. The van der Waals surface area contributed by atoms with Crippen molar-refractivity contribution in [2.75, 3.05) is 11.9 Å². The average molecular weight is 376 g/mol. The number of aldehydes is 1. The summed E-state index contributed by atoms with van der Waals surface area (Å²) in [6.07, 6.45) is -0.290. The number of carbonyl (C=O) groups is 3. The molecule has 7 heteroatoms. The number of halogens is 1. The molecule has 2 aromatic carbocycles. The van der Waals surface area contributed by atoms with Crippen LogP contribution in [-0.4, -0.2) is 30.9 Å². The second kappa shape index (κ2) is 9.01. The molecule has 0 aromatic heterocycles. The van der Waals surface area contributed by atoms with Crippen molar-refractivity contribution in [2.45, 2.75) is 20.0 Å². The Balaban J connectivity index is 1.84. The minimum Gasteiger partial charge on any atom is -0.482 e. The summed E-state index contributed by atoms with van der Waals surface area (Å²) in [7, 11) is 0. The number of rotatable bonds is 7. The van der Waals surface area contributed by atoms with Gasteiger partial charge in [-0.3, -0.25) is 9.59 Å². The summed E-state index contributed by atoms with van der Waals surface area (Å²) in [5.41, 5.74) is 1.78. The van der Waals surface area contributed by atoms with E-state index in [0.29, 0.717) is 28.3 Å². The van der Waals surface area contributed by atoms with E-state index in [1.807, 2.05) is 0 Å². The van der Waals surface area contributed by atoms with Gasteiger partial charge in [0, 0.05) is 16.3 Å². The third kappa shape index (κ3) is 5.32. The number of esters is 1. The molecule has 0 bridgehead atoms. The van der Waals surface area contributed by atoms with Gasteiger partial charge in [-0.1, -0.05) is 17.7 Å². The van der Waals surface area contributed by atoms with Crippen LogP contribution >= 0.6 is 11.6 Å². The number of hydrogen-bond acceptors (Lipinski definition) is 5. The maximum atomic E-state index is 12.2. The summed E-state index contributed by atoms with van der Waals surface area (Å²) >= 11 is 6.01. The van der Waals surface area contributed by atoms with Gasteiger partial charge in [0.2, 0.25) is 0 Å². The molecule has 0 spiro atoms. The second-order valence-electron chi connectivity index (χ2n) is 5.51. The van der Waals surface area contributed by atoms with Crippen molar-refractivity contribution in [2.24, 2.45) is 0 Å². The lowest BCUT2D eigenvalue weighted by Crippen LogP contribution is -2.31. The predicted octanol–water partition coefficient (Wildman–Crippen LogP) is 3.41. The molecule has 26 heavy (non-hydrogen) atoms. The first kappa shape index (κ1) is 19.5. The highest BCUT2D eigenvalue weighted by Crippen LogP contribution is 2.23. The maximum Gasteiger partial charge on any atom is 0.344 e. The topological polar surface area (TPSA) is 81.7 Å². The number of benzene rings is 2. The molecule has 2 rings (SSSR count). The van der Waals surface area contributed by atoms with E-state index >= 15 is 0 Å². The number of hydrogen-bond donors (Lipinski definition) is 1. The van der Waals surface area contributed by atoms with Gasteiger partial charge in [0.15, 0.2) is 12.7 Å². The number of anilines is 1. The van der Waals surface area contributed by atoms with Crippen LogP contribution in [0.15, 0.2) is 42.5 Å². The van der Waals surface area contributed by atoms with E-state index in [2.05, 4.69) is 5.32 Å². The Labute approximate surface area is 156 Å². The third-order valence-electron chi connectivity index (χ3n) is 3.58. The maximum absolute atomic E-state index is 12.2. The quantitative estimate of drug-likeness (QED) is 0.592. The first-order valence-electron chi connectivity index (χ1n) is 7.84. The Hall–Kier alpha value is -2.86. The third-order valence-corrected chi connectivity index (χ3v) is 3.99. The van der Waals surface area contributed by atoms with E-state index in [1.165, 1.54) is 6.92 Å². The van der Waals surface area contributed by atoms with Crippen molar-refractivity contribution < 1.29 is 23.9 Å². The summed E-state index contributed by atoms with van der Waals surface area (Å²) in [5, 5.41) is 3.20. The fourth-order valence-corrected chi connectivity index (χ4v) is 2.22. The van der Waals surface area contributed by atoms with Gasteiger partial charge in [-0.05, 0) is 55.8 Å². The highest BCUT2D eigenvalue weighted by atomic mass is 35.5. The molecule has 0 aliphatic heterocycles. The molecule has 0 saturated heterocycles. The van der Waals surface area contributed by atoms with E-state index in [-0.39, 0.29) is 6.61 Å². The van der Waals surface area contributed by atoms with Crippen molar-refractivity contribution in [3.8, 4) is 5.75 Å². The minimum absolute atomic E-state index is 0.353. The Bertz CT molecular complexity index is 804. The van der Waals surface area contributed by atoms with Crippen LogP contribution in [0.2, 0.25) is 5.02 Å². The van der Waals surface area contributed by atoms with Crippen LogP contribution in [0.5, 0.6) is 5.75 Å².